The molecule has 0 saturated heterocycles. The van der Waals surface area contributed by atoms with E-state index in [1.54, 1.807) is 0 Å². The van der Waals surface area contributed by atoms with Gasteiger partial charge in [0, 0.05) is 24.5 Å². The first-order valence-corrected chi connectivity index (χ1v) is 4.77. The minimum Gasteiger partial charge on any atom is -0.287 e. The summed E-state index contributed by atoms with van der Waals surface area (Å²) in [6, 6.07) is 1.92. The molecule has 0 unspecified atom stereocenters. The zero-order valence-corrected chi connectivity index (χ0v) is 9.06. The lowest BCUT2D eigenvalue weighted by Gasteiger charge is -1.99. The van der Waals surface area contributed by atoms with Gasteiger partial charge in [0.05, 0.1) is 18.3 Å². The third-order valence-corrected chi connectivity index (χ3v) is 2.14. The van der Waals surface area contributed by atoms with Gasteiger partial charge >= 0.3 is 0 Å². The Balaban J connectivity index is 2.70. The minimum absolute atomic E-state index is 0.372. The highest BCUT2D eigenvalue weighted by molar-refractivity contribution is 5.82. The number of aryl methyl sites for hydroxylation is 1. The monoisotopic (exact) mass is 202 g/mol. The summed E-state index contributed by atoms with van der Waals surface area (Å²) >= 11 is 0. The van der Waals surface area contributed by atoms with Crippen molar-refractivity contribution in [2.24, 2.45) is 12.0 Å². The maximum absolute atomic E-state index is 8.48. The molecule has 0 aromatic carbocycles. The Morgan fingerprint density at radius 1 is 1.80 bits per heavy atom. The van der Waals surface area contributed by atoms with Crippen LogP contribution in [0.25, 0.3) is 0 Å². The Hall–Kier alpha value is -1.89. The van der Waals surface area contributed by atoms with Crippen LogP contribution < -0.4 is 0 Å². The van der Waals surface area contributed by atoms with Gasteiger partial charge < -0.3 is 0 Å². The quantitative estimate of drug-likeness (QED) is 0.550. The second kappa shape index (κ2) is 5.11. The van der Waals surface area contributed by atoms with Gasteiger partial charge in [-0.1, -0.05) is 13.5 Å². The number of nitriles is 1. The first-order valence-electron chi connectivity index (χ1n) is 4.77. The van der Waals surface area contributed by atoms with Crippen molar-refractivity contribution < 1.29 is 0 Å². The fourth-order valence-electron chi connectivity index (χ4n) is 1.38. The molecule has 15 heavy (non-hydrogen) atoms. The van der Waals surface area contributed by atoms with Crippen LogP contribution in [0, 0.1) is 11.3 Å². The fourth-order valence-corrected chi connectivity index (χ4v) is 1.38. The second-order valence-corrected chi connectivity index (χ2v) is 3.20. The van der Waals surface area contributed by atoms with Crippen molar-refractivity contribution >= 4 is 6.21 Å². The van der Waals surface area contributed by atoms with Crippen LogP contribution in [0.4, 0.5) is 0 Å². The van der Waals surface area contributed by atoms with E-state index in [0.717, 1.165) is 12.0 Å². The third kappa shape index (κ3) is 2.78. The van der Waals surface area contributed by atoms with Crippen molar-refractivity contribution in [2.75, 3.05) is 0 Å². The van der Waals surface area contributed by atoms with Gasteiger partial charge in [0.25, 0.3) is 0 Å². The number of nitrogens with zero attached hydrogens (tertiary/aromatic N) is 4. The molecular formula is C11H14N4. The molecule has 0 amide bonds. The predicted octanol–water partition coefficient (Wildman–Crippen LogP) is 1.63. The SMILES string of the molecule is C=C(C#N)/C=N\Cc1cnn(C)c1CC. The van der Waals surface area contributed by atoms with E-state index in [0.29, 0.717) is 12.1 Å². The largest absolute Gasteiger partial charge is 0.287 e. The maximum Gasteiger partial charge on any atom is 0.100 e. The minimum atomic E-state index is 0.372. The first-order chi connectivity index (χ1) is 7.19. The average molecular weight is 202 g/mol. The molecule has 0 saturated carbocycles. The van der Waals surface area contributed by atoms with E-state index in [1.165, 1.54) is 11.9 Å². The number of aliphatic imine (C=N–C) groups is 1. The van der Waals surface area contributed by atoms with Gasteiger partial charge in [0.2, 0.25) is 0 Å². The summed E-state index contributed by atoms with van der Waals surface area (Å²) in [5.41, 5.74) is 2.65. The van der Waals surface area contributed by atoms with E-state index >= 15 is 0 Å². The van der Waals surface area contributed by atoms with Crippen LogP contribution in [0.1, 0.15) is 18.2 Å². The van der Waals surface area contributed by atoms with E-state index in [1.807, 2.05) is 24.0 Å². The topological polar surface area (TPSA) is 54.0 Å². The molecule has 0 atom stereocenters. The van der Waals surface area contributed by atoms with Crippen LogP contribution in [0.2, 0.25) is 0 Å². The van der Waals surface area contributed by atoms with E-state index in [9.17, 15) is 0 Å². The van der Waals surface area contributed by atoms with Crippen molar-refractivity contribution in [3.05, 3.63) is 29.6 Å². The smallest absolute Gasteiger partial charge is 0.100 e. The highest BCUT2D eigenvalue weighted by Gasteiger charge is 2.04. The molecule has 78 valence electrons. The summed E-state index contributed by atoms with van der Waals surface area (Å²) in [5, 5.41) is 12.6. The molecule has 0 N–H and O–H groups in total. The van der Waals surface area contributed by atoms with Crippen molar-refractivity contribution in [1.82, 2.24) is 9.78 Å². The molecule has 1 rings (SSSR count). The van der Waals surface area contributed by atoms with Gasteiger partial charge in [0.1, 0.15) is 6.07 Å². The lowest BCUT2D eigenvalue weighted by Crippen LogP contribution is -1.98. The molecule has 1 heterocycles. The number of allylic oxidation sites excluding steroid dienone is 1. The number of aromatic nitrogens is 2. The van der Waals surface area contributed by atoms with Crippen LogP contribution in [0.3, 0.4) is 0 Å². The lowest BCUT2D eigenvalue weighted by molar-refractivity contribution is 0.714. The predicted molar refractivity (Wildman–Crippen MR) is 59.5 cm³/mol. The Morgan fingerprint density at radius 2 is 2.53 bits per heavy atom. The fraction of sp³-hybridized carbons (Fsp3) is 0.364. The van der Waals surface area contributed by atoms with Crippen LogP contribution in [0.15, 0.2) is 23.3 Å². The zero-order chi connectivity index (χ0) is 11.3. The zero-order valence-electron chi connectivity index (χ0n) is 9.06. The molecule has 1 aromatic rings. The summed E-state index contributed by atoms with van der Waals surface area (Å²) in [5.74, 6) is 0. The Bertz CT molecular complexity index is 420. The van der Waals surface area contributed by atoms with Gasteiger partial charge in [-0.3, -0.25) is 9.67 Å². The third-order valence-electron chi connectivity index (χ3n) is 2.14. The summed E-state index contributed by atoms with van der Waals surface area (Å²) < 4.78 is 1.85. The Labute approximate surface area is 89.6 Å². The molecule has 0 spiro atoms. The molecule has 0 aliphatic rings. The van der Waals surface area contributed by atoms with E-state index in [2.05, 4.69) is 23.6 Å². The first kappa shape index (κ1) is 11.2. The van der Waals surface area contributed by atoms with Gasteiger partial charge in [0.15, 0.2) is 0 Å². The Morgan fingerprint density at radius 3 is 3.13 bits per heavy atom. The van der Waals surface area contributed by atoms with Gasteiger partial charge in [-0.2, -0.15) is 10.4 Å². The Kier molecular flexibility index (Phi) is 3.81. The molecule has 4 nitrogen and oxygen atoms in total. The van der Waals surface area contributed by atoms with Crippen molar-refractivity contribution in [1.29, 1.82) is 5.26 Å². The summed E-state index contributed by atoms with van der Waals surface area (Å²) in [6.45, 7) is 6.16. The summed E-state index contributed by atoms with van der Waals surface area (Å²) in [7, 11) is 1.92. The molecule has 0 bridgehead atoms. The average Bonchev–Trinajstić information content (AvgIpc) is 2.59. The van der Waals surface area contributed by atoms with E-state index < -0.39 is 0 Å². The molecule has 0 aliphatic heterocycles. The van der Waals surface area contributed by atoms with Gasteiger partial charge in [-0.15, -0.1) is 0 Å². The van der Waals surface area contributed by atoms with E-state index in [4.69, 9.17) is 5.26 Å². The van der Waals surface area contributed by atoms with Crippen molar-refractivity contribution in [3.63, 3.8) is 0 Å². The summed E-state index contributed by atoms with van der Waals surface area (Å²) in [4.78, 5) is 4.13. The van der Waals surface area contributed by atoms with Gasteiger partial charge in [-0.05, 0) is 6.42 Å². The second-order valence-electron chi connectivity index (χ2n) is 3.20. The van der Waals surface area contributed by atoms with Crippen LogP contribution in [0.5, 0.6) is 0 Å². The lowest BCUT2D eigenvalue weighted by atomic mass is 10.2. The highest BCUT2D eigenvalue weighted by Crippen LogP contribution is 2.09. The summed E-state index contributed by atoms with van der Waals surface area (Å²) in [6.07, 6.45) is 4.23. The van der Waals surface area contributed by atoms with Crippen LogP contribution in [-0.4, -0.2) is 16.0 Å². The molecule has 0 radical (unpaired) electrons. The number of rotatable bonds is 4. The van der Waals surface area contributed by atoms with Crippen LogP contribution >= 0.6 is 0 Å². The number of hydrogen-bond acceptors (Lipinski definition) is 3. The highest BCUT2D eigenvalue weighted by atomic mass is 15.3. The molecule has 1 aromatic heterocycles. The number of hydrogen-bond donors (Lipinski definition) is 0. The normalized spacial score (nSPS) is 10.5. The molecule has 0 fully saturated rings. The van der Waals surface area contributed by atoms with Crippen LogP contribution in [-0.2, 0) is 20.0 Å². The van der Waals surface area contributed by atoms with Crippen molar-refractivity contribution in [3.8, 4) is 6.07 Å². The molecule has 4 heteroatoms. The molecular weight excluding hydrogens is 188 g/mol. The van der Waals surface area contributed by atoms with Gasteiger partial charge in [-0.25, -0.2) is 0 Å². The van der Waals surface area contributed by atoms with E-state index in [-0.39, 0.29) is 0 Å². The van der Waals surface area contributed by atoms with Crippen molar-refractivity contribution in [2.45, 2.75) is 19.9 Å². The molecule has 0 aliphatic carbocycles. The maximum atomic E-state index is 8.48. The standard InChI is InChI=1S/C11H14N4/c1-4-11-10(8-14-15(11)3)7-13-6-9(2)5-12/h6,8H,2,4,7H2,1,3H3/b13-6-.